The fourth-order valence-corrected chi connectivity index (χ4v) is 3.21. The second kappa shape index (κ2) is 4.96. The largest absolute Gasteiger partial charge is 0.361 e. The highest BCUT2D eigenvalue weighted by molar-refractivity contribution is 8.13. The zero-order valence-electron chi connectivity index (χ0n) is 10.6. The van der Waals surface area contributed by atoms with E-state index in [0.29, 0.717) is 11.5 Å². The molecule has 1 saturated heterocycles. The second-order valence-corrected chi connectivity index (χ2v) is 6.78. The normalized spacial score (nSPS) is 30.9. The molecule has 3 nitrogen and oxygen atoms in total. The summed E-state index contributed by atoms with van der Waals surface area (Å²) in [5.74, 6) is 1.18. The average Bonchev–Trinajstić information content (AvgIpc) is 2.21. The summed E-state index contributed by atoms with van der Waals surface area (Å²) < 4.78 is 0. The van der Waals surface area contributed by atoms with E-state index >= 15 is 0 Å². The van der Waals surface area contributed by atoms with Crippen molar-refractivity contribution in [2.45, 2.75) is 32.7 Å². The molecule has 0 aromatic rings. The van der Waals surface area contributed by atoms with Gasteiger partial charge in [-0.25, -0.2) is 0 Å². The van der Waals surface area contributed by atoms with Gasteiger partial charge in [0, 0.05) is 24.9 Å². The van der Waals surface area contributed by atoms with Gasteiger partial charge in [0.05, 0.1) is 0 Å². The highest BCUT2D eigenvalue weighted by Crippen LogP contribution is 2.27. The van der Waals surface area contributed by atoms with Crippen LogP contribution in [0.1, 0.15) is 26.7 Å². The van der Waals surface area contributed by atoms with E-state index < -0.39 is 0 Å². The Morgan fingerprint density at radius 1 is 1.50 bits per heavy atom. The van der Waals surface area contributed by atoms with Crippen molar-refractivity contribution in [1.82, 2.24) is 10.2 Å². The molecule has 1 N–H and O–H groups in total. The molecule has 2 aliphatic rings. The summed E-state index contributed by atoms with van der Waals surface area (Å²) in [6, 6.07) is 0.603. The lowest BCUT2D eigenvalue weighted by molar-refractivity contribution is 0.241. The number of aliphatic imine (C=N–C) groups is 1. The Morgan fingerprint density at radius 2 is 2.31 bits per heavy atom. The van der Waals surface area contributed by atoms with Gasteiger partial charge in [-0.1, -0.05) is 25.6 Å². The van der Waals surface area contributed by atoms with Crippen molar-refractivity contribution in [2.75, 3.05) is 32.4 Å². The molecule has 4 heteroatoms. The molecule has 1 unspecified atom stereocenters. The lowest BCUT2D eigenvalue weighted by Crippen LogP contribution is -2.46. The predicted octanol–water partition coefficient (Wildman–Crippen LogP) is 1.80. The Labute approximate surface area is 103 Å². The summed E-state index contributed by atoms with van der Waals surface area (Å²) in [6.45, 7) is 7.93. The van der Waals surface area contributed by atoms with Crippen LogP contribution in [0.5, 0.6) is 0 Å². The topological polar surface area (TPSA) is 27.6 Å². The first-order valence-electron chi connectivity index (χ1n) is 6.17. The average molecular weight is 241 g/mol. The molecule has 0 radical (unpaired) electrons. The lowest BCUT2D eigenvalue weighted by Gasteiger charge is -2.33. The van der Waals surface area contributed by atoms with Crippen LogP contribution in [0.25, 0.3) is 0 Å². The van der Waals surface area contributed by atoms with Crippen molar-refractivity contribution < 1.29 is 0 Å². The van der Waals surface area contributed by atoms with Gasteiger partial charge in [0.1, 0.15) is 0 Å². The van der Waals surface area contributed by atoms with E-state index in [2.05, 4.69) is 36.1 Å². The lowest BCUT2D eigenvalue weighted by atomic mass is 9.97. The van der Waals surface area contributed by atoms with E-state index in [1.807, 2.05) is 11.8 Å². The van der Waals surface area contributed by atoms with Crippen molar-refractivity contribution in [1.29, 1.82) is 0 Å². The van der Waals surface area contributed by atoms with Crippen LogP contribution in [0.3, 0.4) is 0 Å². The summed E-state index contributed by atoms with van der Waals surface area (Å²) in [4.78, 5) is 7.05. The van der Waals surface area contributed by atoms with Gasteiger partial charge in [-0.05, 0) is 31.8 Å². The third-order valence-corrected chi connectivity index (χ3v) is 4.65. The van der Waals surface area contributed by atoms with Gasteiger partial charge < -0.3 is 10.2 Å². The molecule has 2 heterocycles. The Balaban J connectivity index is 1.84. The summed E-state index contributed by atoms with van der Waals surface area (Å²) in [5, 5.41) is 4.76. The molecule has 1 atom stereocenters. The third kappa shape index (κ3) is 3.39. The monoisotopic (exact) mass is 241 g/mol. The maximum Gasteiger partial charge on any atom is 0.156 e. The number of likely N-dealkylation sites (tertiary alicyclic amines) is 1. The summed E-state index contributed by atoms with van der Waals surface area (Å²) >= 11 is 1.89. The number of rotatable bonds is 1. The fraction of sp³-hybridized carbons (Fsp3) is 0.917. The predicted molar refractivity (Wildman–Crippen MR) is 72.2 cm³/mol. The fourth-order valence-electron chi connectivity index (χ4n) is 2.19. The van der Waals surface area contributed by atoms with Gasteiger partial charge >= 0.3 is 0 Å². The molecule has 16 heavy (non-hydrogen) atoms. The smallest absolute Gasteiger partial charge is 0.156 e. The van der Waals surface area contributed by atoms with Crippen LogP contribution in [0.2, 0.25) is 0 Å². The molecule has 2 aliphatic heterocycles. The van der Waals surface area contributed by atoms with Crippen molar-refractivity contribution in [3.8, 4) is 0 Å². The van der Waals surface area contributed by atoms with E-state index in [1.165, 1.54) is 30.3 Å². The minimum atomic E-state index is 0.374. The van der Waals surface area contributed by atoms with E-state index in [4.69, 9.17) is 0 Å². The molecule has 0 aromatic heterocycles. The minimum Gasteiger partial charge on any atom is -0.361 e. The SMILES string of the molecule is CN1CCCC(NC2=NCC(C)(C)CS2)C1. The standard InChI is InChI=1S/C12H23N3S/c1-12(2)8-13-11(16-9-12)14-10-5-4-6-15(3)7-10/h10H,4-9H2,1-3H3,(H,13,14). The number of piperidine rings is 1. The number of likely N-dealkylation sites (N-methyl/N-ethyl adjacent to an activating group) is 1. The van der Waals surface area contributed by atoms with Crippen LogP contribution in [0.4, 0.5) is 0 Å². The molecule has 0 bridgehead atoms. The van der Waals surface area contributed by atoms with Gasteiger partial charge in [-0.2, -0.15) is 0 Å². The number of hydrogen-bond donors (Lipinski definition) is 1. The number of thioether (sulfide) groups is 1. The Kier molecular flexibility index (Phi) is 3.80. The van der Waals surface area contributed by atoms with Crippen LogP contribution in [0, 0.1) is 5.41 Å². The number of amidine groups is 1. The van der Waals surface area contributed by atoms with Crippen LogP contribution >= 0.6 is 11.8 Å². The van der Waals surface area contributed by atoms with Crippen molar-refractivity contribution in [3.05, 3.63) is 0 Å². The molecule has 0 aromatic carbocycles. The Bertz CT molecular complexity index is 275. The van der Waals surface area contributed by atoms with Crippen LogP contribution < -0.4 is 5.32 Å². The first kappa shape index (κ1) is 12.2. The Hall–Kier alpha value is -0.220. The van der Waals surface area contributed by atoms with Crippen LogP contribution in [0.15, 0.2) is 4.99 Å². The van der Waals surface area contributed by atoms with E-state index in [-0.39, 0.29) is 0 Å². The number of nitrogens with zero attached hydrogens (tertiary/aromatic N) is 2. The van der Waals surface area contributed by atoms with Crippen molar-refractivity contribution in [2.24, 2.45) is 10.4 Å². The van der Waals surface area contributed by atoms with Gasteiger partial charge in [0.15, 0.2) is 5.17 Å². The van der Waals surface area contributed by atoms with Crippen LogP contribution in [-0.4, -0.2) is 48.5 Å². The van der Waals surface area contributed by atoms with Crippen molar-refractivity contribution >= 4 is 16.9 Å². The molecule has 92 valence electrons. The molecular weight excluding hydrogens is 218 g/mol. The summed E-state index contributed by atoms with van der Waals surface area (Å²) in [7, 11) is 2.20. The molecule has 2 rings (SSSR count). The molecular formula is C12H23N3S. The van der Waals surface area contributed by atoms with E-state index in [0.717, 1.165) is 13.1 Å². The zero-order valence-corrected chi connectivity index (χ0v) is 11.4. The first-order chi connectivity index (χ1) is 7.55. The van der Waals surface area contributed by atoms with E-state index in [1.54, 1.807) is 0 Å². The zero-order chi connectivity index (χ0) is 11.6. The minimum absolute atomic E-state index is 0.374. The first-order valence-corrected chi connectivity index (χ1v) is 7.16. The van der Waals surface area contributed by atoms with Crippen molar-refractivity contribution in [3.63, 3.8) is 0 Å². The van der Waals surface area contributed by atoms with Gasteiger partial charge in [0.2, 0.25) is 0 Å². The molecule has 0 aliphatic carbocycles. The highest BCUT2D eigenvalue weighted by atomic mass is 32.2. The van der Waals surface area contributed by atoms with Gasteiger partial charge in [-0.15, -0.1) is 0 Å². The number of nitrogens with one attached hydrogen (secondary N) is 1. The van der Waals surface area contributed by atoms with Gasteiger partial charge in [0.25, 0.3) is 0 Å². The molecule has 0 saturated carbocycles. The van der Waals surface area contributed by atoms with Crippen LogP contribution in [-0.2, 0) is 0 Å². The maximum atomic E-state index is 4.65. The summed E-state index contributed by atoms with van der Waals surface area (Å²) in [6.07, 6.45) is 2.59. The quantitative estimate of drug-likeness (QED) is 0.758. The van der Waals surface area contributed by atoms with Gasteiger partial charge in [-0.3, -0.25) is 4.99 Å². The molecule has 1 fully saturated rings. The maximum absolute atomic E-state index is 4.65. The molecule has 0 amide bonds. The number of hydrogen-bond acceptors (Lipinski definition) is 4. The van der Waals surface area contributed by atoms with E-state index in [9.17, 15) is 0 Å². The highest BCUT2D eigenvalue weighted by Gasteiger charge is 2.25. The summed E-state index contributed by atoms with van der Waals surface area (Å²) in [5.41, 5.74) is 0.374. The Morgan fingerprint density at radius 3 is 2.94 bits per heavy atom. The third-order valence-electron chi connectivity index (χ3n) is 3.20. The molecule has 0 spiro atoms. The second-order valence-electron chi connectivity index (χ2n) is 5.82.